The predicted molar refractivity (Wildman–Crippen MR) is 80.3 cm³/mol. The van der Waals surface area contributed by atoms with Gasteiger partial charge >= 0.3 is 0 Å². The van der Waals surface area contributed by atoms with Crippen LogP contribution in [0.5, 0.6) is 0 Å². The third kappa shape index (κ3) is 2.45. The first kappa shape index (κ1) is 13.6. The fourth-order valence-electron chi connectivity index (χ4n) is 2.55. The molecule has 0 aromatic heterocycles. The summed E-state index contributed by atoms with van der Waals surface area (Å²) in [4.78, 5) is 0. The maximum atomic E-state index is 6.21. The molecule has 0 radical (unpaired) electrons. The molecule has 3 N–H and O–H groups in total. The first-order valence-electron chi connectivity index (χ1n) is 6.60. The van der Waals surface area contributed by atoms with Crippen LogP contribution in [0.3, 0.4) is 0 Å². The summed E-state index contributed by atoms with van der Waals surface area (Å²) in [5.74, 6) is 5.75. The standard InChI is InChI=1S/C16H17ClN2O/c1-10-2-3-12(7-15(10)17)16(19-18)11-4-5-13-8-20-9-14(13)6-11/h2-7,16,19H,8-9,18H2,1H3. The normalized spacial score (nSPS) is 15.2. The van der Waals surface area contributed by atoms with Gasteiger partial charge in [-0.05, 0) is 40.8 Å². The van der Waals surface area contributed by atoms with Crippen LogP contribution in [0.2, 0.25) is 5.02 Å². The van der Waals surface area contributed by atoms with Gasteiger partial charge in [0.15, 0.2) is 0 Å². The summed E-state index contributed by atoms with van der Waals surface area (Å²) in [5.41, 5.74) is 8.61. The Morgan fingerprint density at radius 1 is 1.10 bits per heavy atom. The molecule has 2 aromatic rings. The molecule has 1 aliphatic heterocycles. The second-order valence-corrected chi connectivity index (χ2v) is 5.54. The number of benzene rings is 2. The number of fused-ring (bicyclic) bond motifs is 1. The smallest absolute Gasteiger partial charge is 0.0725 e. The van der Waals surface area contributed by atoms with E-state index in [2.05, 4.69) is 29.7 Å². The molecule has 0 saturated carbocycles. The van der Waals surface area contributed by atoms with Crippen molar-refractivity contribution in [3.05, 3.63) is 69.2 Å². The summed E-state index contributed by atoms with van der Waals surface area (Å²) in [5, 5.41) is 0.757. The molecular weight excluding hydrogens is 272 g/mol. The lowest BCUT2D eigenvalue weighted by Crippen LogP contribution is -2.29. The van der Waals surface area contributed by atoms with E-state index in [-0.39, 0.29) is 6.04 Å². The molecule has 20 heavy (non-hydrogen) atoms. The molecule has 1 heterocycles. The summed E-state index contributed by atoms with van der Waals surface area (Å²) in [6.45, 7) is 3.37. The van der Waals surface area contributed by atoms with Gasteiger partial charge in [-0.15, -0.1) is 0 Å². The number of hydrogen-bond acceptors (Lipinski definition) is 3. The van der Waals surface area contributed by atoms with Crippen LogP contribution in [0.15, 0.2) is 36.4 Å². The molecule has 0 spiro atoms. The van der Waals surface area contributed by atoms with E-state index in [4.69, 9.17) is 22.2 Å². The summed E-state index contributed by atoms with van der Waals surface area (Å²) < 4.78 is 5.45. The molecule has 3 rings (SSSR count). The van der Waals surface area contributed by atoms with E-state index >= 15 is 0 Å². The topological polar surface area (TPSA) is 47.3 Å². The lowest BCUT2D eigenvalue weighted by Gasteiger charge is -2.18. The third-order valence-corrected chi connectivity index (χ3v) is 4.18. The van der Waals surface area contributed by atoms with Crippen LogP contribution in [0.4, 0.5) is 0 Å². The molecule has 2 aromatic carbocycles. The Morgan fingerprint density at radius 3 is 2.55 bits per heavy atom. The lowest BCUT2D eigenvalue weighted by molar-refractivity contribution is 0.134. The van der Waals surface area contributed by atoms with Crippen LogP contribution < -0.4 is 11.3 Å². The second kappa shape index (κ2) is 5.54. The molecule has 0 fully saturated rings. The van der Waals surface area contributed by atoms with Gasteiger partial charge in [0.05, 0.1) is 19.3 Å². The van der Waals surface area contributed by atoms with Crippen molar-refractivity contribution in [3.63, 3.8) is 0 Å². The van der Waals surface area contributed by atoms with Crippen LogP contribution in [-0.4, -0.2) is 0 Å². The van der Waals surface area contributed by atoms with Gasteiger partial charge in [0.2, 0.25) is 0 Å². The van der Waals surface area contributed by atoms with E-state index < -0.39 is 0 Å². The first-order valence-corrected chi connectivity index (χ1v) is 6.98. The number of hydrogen-bond donors (Lipinski definition) is 2. The zero-order valence-electron chi connectivity index (χ0n) is 11.3. The molecule has 1 atom stereocenters. The van der Waals surface area contributed by atoms with Crippen molar-refractivity contribution in [2.75, 3.05) is 0 Å². The van der Waals surface area contributed by atoms with Gasteiger partial charge in [0.25, 0.3) is 0 Å². The van der Waals surface area contributed by atoms with Crippen LogP contribution in [-0.2, 0) is 18.0 Å². The van der Waals surface area contributed by atoms with E-state index in [1.54, 1.807) is 0 Å². The van der Waals surface area contributed by atoms with Gasteiger partial charge < -0.3 is 4.74 Å². The first-order chi connectivity index (χ1) is 9.69. The fourth-order valence-corrected chi connectivity index (χ4v) is 2.73. The molecule has 0 aliphatic carbocycles. The van der Waals surface area contributed by atoms with Crippen LogP contribution in [0.25, 0.3) is 0 Å². The molecule has 1 unspecified atom stereocenters. The van der Waals surface area contributed by atoms with Crippen LogP contribution in [0, 0.1) is 6.92 Å². The highest BCUT2D eigenvalue weighted by Crippen LogP contribution is 2.29. The number of nitrogens with two attached hydrogens (primary N) is 1. The molecular formula is C16H17ClN2O. The fraction of sp³-hybridized carbons (Fsp3) is 0.250. The summed E-state index contributed by atoms with van der Waals surface area (Å²) >= 11 is 6.21. The number of hydrazine groups is 1. The van der Waals surface area contributed by atoms with E-state index in [1.165, 1.54) is 11.1 Å². The zero-order chi connectivity index (χ0) is 14.1. The molecule has 3 nitrogen and oxygen atoms in total. The highest BCUT2D eigenvalue weighted by molar-refractivity contribution is 6.31. The van der Waals surface area contributed by atoms with Crippen molar-refractivity contribution in [2.45, 2.75) is 26.2 Å². The summed E-state index contributed by atoms with van der Waals surface area (Å²) in [6.07, 6.45) is 0. The van der Waals surface area contributed by atoms with Crippen molar-refractivity contribution in [3.8, 4) is 0 Å². The molecule has 4 heteroatoms. The van der Waals surface area contributed by atoms with Gasteiger partial charge in [-0.3, -0.25) is 5.84 Å². The predicted octanol–water partition coefficient (Wildman–Crippen LogP) is 3.23. The van der Waals surface area contributed by atoms with Crippen molar-refractivity contribution >= 4 is 11.6 Å². The zero-order valence-corrected chi connectivity index (χ0v) is 12.1. The highest BCUT2D eigenvalue weighted by atomic mass is 35.5. The minimum absolute atomic E-state index is 0.0704. The summed E-state index contributed by atoms with van der Waals surface area (Å²) in [7, 11) is 0. The minimum Gasteiger partial charge on any atom is -0.372 e. The van der Waals surface area contributed by atoms with E-state index in [0.717, 1.165) is 21.7 Å². The molecule has 0 bridgehead atoms. The van der Waals surface area contributed by atoms with E-state index in [1.807, 2.05) is 19.1 Å². The van der Waals surface area contributed by atoms with E-state index in [9.17, 15) is 0 Å². The van der Waals surface area contributed by atoms with Gasteiger partial charge in [0.1, 0.15) is 0 Å². The maximum Gasteiger partial charge on any atom is 0.0725 e. The van der Waals surface area contributed by atoms with Crippen molar-refractivity contribution in [2.24, 2.45) is 5.84 Å². The van der Waals surface area contributed by atoms with Crippen molar-refractivity contribution in [1.82, 2.24) is 5.43 Å². The Hall–Kier alpha value is -1.39. The second-order valence-electron chi connectivity index (χ2n) is 5.13. The Morgan fingerprint density at radius 2 is 1.80 bits per heavy atom. The Balaban J connectivity index is 1.98. The number of halogens is 1. The third-order valence-electron chi connectivity index (χ3n) is 3.77. The van der Waals surface area contributed by atoms with Crippen LogP contribution >= 0.6 is 11.6 Å². The lowest BCUT2D eigenvalue weighted by atomic mass is 9.95. The van der Waals surface area contributed by atoms with Crippen LogP contribution in [0.1, 0.15) is 33.9 Å². The molecule has 0 saturated heterocycles. The Kier molecular flexibility index (Phi) is 3.76. The average Bonchev–Trinajstić information content (AvgIpc) is 2.91. The SMILES string of the molecule is Cc1ccc(C(NN)c2ccc3c(c2)COC3)cc1Cl. The largest absolute Gasteiger partial charge is 0.372 e. The van der Waals surface area contributed by atoms with Gasteiger partial charge in [-0.1, -0.05) is 41.9 Å². The Labute approximate surface area is 123 Å². The van der Waals surface area contributed by atoms with Gasteiger partial charge in [-0.25, -0.2) is 5.43 Å². The van der Waals surface area contributed by atoms with Crippen molar-refractivity contribution < 1.29 is 4.74 Å². The van der Waals surface area contributed by atoms with Crippen molar-refractivity contribution in [1.29, 1.82) is 0 Å². The van der Waals surface area contributed by atoms with E-state index in [0.29, 0.717) is 13.2 Å². The molecule has 104 valence electrons. The highest BCUT2D eigenvalue weighted by Gasteiger charge is 2.17. The molecule has 0 amide bonds. The number of rotatable bonds is 3. The average molecular weight is 289 g/mol. The number of aryl methyl sites for hydroxylation is 1. The maximum absolute atomic E-state index is 6.21. The van der Waals surface area contributed by atoms with Gasteiger partial charge in [-0.2, -0.15) is 0 Å². The Bertz CT molecular complexity index is 642. The monoisotopic (exact) mass is 288 g/mol. The number of nitrogens with one attached hydrogen (secondary N) is 1. The number of ether oxygens (including phenoxy) is 1. The molecule has 1 aliphatic rings. The summed E-state index contributed by atoms with van der Waals surface area (Å²) in [6, 6.07) is 12.3. The van der Waals surface area contributed by atoms with Gasteiger partial charge in [0, 0.05) is 5.02 Å². The quantitative estimate of drug-likeness (QED) is 0.673. The minimum atomic E-state index is -0.0704.